The average molecular weight is 178 g/mol. The van der Waals surface area contributed by atoms with Crippen molar-refractivity contribution in [3.63, 3.8) is 0 Å². The molecule has 0 bridgehead atoms. The fourth-order valence-corrected chi connectivity index (χ4v) is 1.62. The molecule has 0 radical (unpaired) electrons. The van der Waals surface area contributed by atoms with Crippen molar-refractivity contribution in [2.24, 2.45) is 0 Å². The normalized spacial score (nSPS) is 22.3. The fourth-order valence-electron chi connectivity index (χ4n) is 1.62. The summed E-state index contributed by atoms with van der Waals surface area (Å²) in [6.07, 6.45) is 2.57. The summed E-state index contributed by atoms with van der Waals surface area (Å²) in [6, 6.07) is 4.06. The molecule has 1 atom stereocenters. The Balaban J connectivity index is 2.13. The maximum Gasteiger partial charge on any atom is 0.0731 e. The van der Waals surface area contributed by atoms with Crippen LogP contribution in [0.1, 0.15) is 12.1 Å². The van der Waals surface area contributed by atoms with Gasteiger partial charge in [0.2, 0.25) is 0 Å². The lowest BCUT2D eigenvalue weighted by Crippen LogP contribution is -2.21. The van der Waals surface area contributed by atoms with E-state index in [1.165, 1.54) is 0 Å². The Kier molecular flexibility index (Phi) is 2.19. The van der Waals surface area contributed by atoms with Gasteiger partial charge in [-0.1, -0.05) is 0 Å². The Hall–Kier alpha value is -1.09. The van der Waals surface area contributed by atoms with Gasteiger partial charge in [-0.15, -0.1) is 0 Å². The zero-order valence-electron chi connectivity index (χ0n) is 7.77. The number of hydrogen-bond acceptors (Lipinski definition) is 3. The van der Waals surface area contributed by atoms with Gasteiger partial charge in [-0.05, 0) is 25.5 Å². The maximum absolute atomic E-state index is 9.35. The number of aliphatic hydroxyl groups excluding tert-OH is 1. The fraction of sp³-hybridized carbons (Fsp3) is 0.500. The largest absolute Gasteiger partial charge is 0.391 e. The van der Waals surface area contributed by atoms with Gasteiger partial charge in [0, 0.05) is 18.8 Å². The van der Waals surface area contributed by atoms with Crippen molar-refractivity contribution in [3.8, 4) is 0 Å². The van der Waals surface area contributed by atoms with Gasteiger partial charge >= 0.3 is 0 Å². The summed E-state index contributed by atoms with van der Waals surface area (Å²) in [5.41, 5.74) is 2.14. The molecular formula is C10H14N2O. The lowest BCUT2D eigenvalue weighted by Gasteiger charge is -2.16. The van der Waals surface area contributed by atoms with Gasteiger partial charge < -0.3 is 10.0 Å². The quantitative estimate of drug-likeness (QED) is 0.696. The van der Waals surface area contributed by atoms with Crippen molar-refractivity contribution < 1.29 is 5.11 Å². The molecule has 2 rings (SSSR count). The third-order valence-electron chi connectivity index (χ3n) is 2.42. The molecule has 3 nitrogen and oxygen atoms in total. The lowest BCUT2D eigenvalue weighted by atomic mass is 10.3. The predicted molar refractivity (Wildman–Crippen MR) is 51.8 cm³/mol. The molecule has 0 unspecified atom stereocenters. The first-order chi connectivity index (χ1) is 6.25. The van der Waals surface area contributed by atoms with Gasteiger partial charge in [-0.25, -0.2) is 0 Å². The molecular weight excluding hydrogens is 164 g/mol. The minimum atomic E-state index is -0.165. The molecule has 0 spiro atoms. The average Bonchev–Trinajstić information content (AvgIpc) is 2.53. The molecule has 1 fully saturated rings. The number of anilines is 1. The molecule has 0 aromatic carbocycles. The Bertz CT molecular complexity index is 283. The number of β-amino-alcohol motifs (C(OH)–C–C–N with tert-alkyl or cyclic N) is 1. The number of hydrogen-bond donors (Lipinski definition) is 1. The van der Waals surface area contributed by atoms with Crippen LogP contribution in [0.4, 0.5) is 5.69 Å². The number of aliphatic hydroxyl groups is 1. The summed E-state index contributed by atoms with van der Waals surface area (Å²) >= 11 is 0. The van der Waals surface area contributed by atoms with E-state index in [4.69, 9.17) is 0 Å². The maximum atomic E-state index is 9.35. The molecule has 1 N–H and O–H groups in total. The van der Waals surface area contributed by atoms with Crippen LogP contribution >= 0.6 is 0 Å². The summed E-state index contributed by atoms with van der Waals surface area (Å²) < 4.78 is 0. The smallest absolute Gasteiger partial charge is 0.0731 e. The number of rotatable bonds is 1. The van der Waals surface area contributed by atoms with E-state index in [9.17, 15) is 5.11 Å². The van der Waals surface area contributed by atoms with Gasteiger partial charge in [-0.3, -0.25) is 4.98 Å². The molecule has 13 heavy (non-hydrogen) atoms. The van der Waals surface area contributed by atoms with E-state index in [2.05, 4.69) is 16.0 Å². The molecule has 1 saturated heterocycles. The highest BCUT2D eigenvalue weighted by atomic mass is 16.3. The molecule has 0 aliphatic carbocycles. The minimum Gasteiger partial charge on any atom is -0.391 e. The highest BCUT2D eigenvalue weighted by Gasteiger charge is 2.20. The van der Waals surface area contributed by atoms with E-state index >= 15 is 0 Å². The molecule has 1 aromatic heterocycles. The van der Waals surface area contributed by atoms with Crippen molar-refractivity contribution in [2.45, 2.75) is 19.4 Å². The molecule has 0 saturated carbocycles. The highest BCUT2D eigenvalue weighted by Crippen LogP contribution is 2.19. The third kappa shape index (κ3) is 1.80. The Morgan fingerprint density at radius 3 is 2.92 bits per heavy atom. The molecule has 0 amide bonds. The van der Waals surface area contributed by atoms with Gasteiger partial charge in [0.25, 0.3) is 0 Å². The topological polar surface area (TPSA) is 36.4 Å². The number of pyridine rings is 1. The minimum absolute atomic E-state index is 0.165. The zero-order chi connectivity index (χ0) is 9.26. The monoisotopic (exact) mass is 178 g/mol. The number of aryl methyl sites for hydroxylation is 1. The van der Waals surface area contributed by atoms with Crippen LogP contribution in [-0.2, 0) is 0 Å². The molecule has 3 heteroatoms. The van der Waals surface area contributed by atoms with Crippen molar-refractivity contribution in [3.05, 3.63) is 24.0 Å². The lowest BCUT2D eigenvalue weighted by molar-refractivity contribution is 0.198. The first-order valence-corrected chi connectivity index (χ1v) is 4.61. The molecule has 1 aliphatic rings. The summed E-state index contributed by atoms with van der Waals surface area (Å²) in [5.74, 6) is 0. The van der Waals surface area contributed by atoms with Gasteiger partial charge in [0.1, 0.15) is 0 Å². The van der Waals surface area contributed by atoms with Crippen molar-refractivity contribution in [1.82, 2.24) is 4.98 Å². The van der Waals surface area contributed by atoms with E-state index in [1.54, 1.807) is 0 Å². The SMILES string of the molecule is Cc1ccc(N2CC[C@H](O)C2)cn1. The molecule has 2 heterocycles. The van der Waals surface area contributed by atoms with Crippen LogP contribution in [0, 0.1) is 6.92 Å². The summed E-state index contributed by atoms with van der Waals surface area (Å²) in [4.78, 5) is 6.39. The van der Waals surface area contributed by atoms with Crippen LogP contribution in [0.2, 0.25) is 0 Å². The van der Waals surface area contributed by atoms with Gasteiger partial charge in [-0.2, -0.15) is 0 Å². The summed E-state index contributed by atoms with van der Waals surface area (Å²) in [5, 5.41) is 9.35. The second-order valence-electron chi connectivity index (χ2n) is 3.55. The Labute approximate surface area is 78.0 Å². The molecule has 1 aromatic rings. The Morgan fingerprint density at radius 2 is 2.38 bits per heavy atom. The van der Waals surface area contributed by atoms with Crippen molar-refractivity contribution in [2.75, 3.05) is 18.0 Å². The van der Waals surface area contributed by atoms with Crippen molar-refractivity contribution in [1.29, 1.82) is 0 Å². The van der Waals surface area contributed by atoms with Gasteiger partial charge in [0.15, 0.2) is 0 Å². The number of aromatic nitrogens is 1. The van der Waals surface area contributed by atoms with E-state index in [0.29, 0.717) is 0 Å². The number of nitrogens with zero attached hydrogens (tertiary/aromatic N) is 2. The van der Waals surface area contributed by atoms with Crippen LogP contribution in [0.5, 0.6) is 0 Å². The highest BCUT2D eigenvalue weighted by molar-refractivity contribution is 5.45. The Morgan fingerprint density at radius 1 is 1.54 bits per heavy atom. The summed E-state index contributed by atoms with van der Waals surface area (Å²) in [7, 11) is 0. The second kappa shape index (κ2) is 3.34. The summed E-state index contributed by atoms with van der Waals surface area (Å²) in [6.45, 7) is 3.65. The van der Waals surface area contributed by atoms with Crippen LogP contribution in [0.25, 0.3) is 0 Å². The second-order valence-corrected chi connectivity index (χ2v) is 3.55. The van der Waals surface area contributed by atoms with E-state index in [0.717, 1.165) is 30.9 Å². The van der Waals surface area contributed by atoms with E-state index in [1.807, 2.05) is 19.2 Å². The van der Waals surface area contributed by atoms with Crippen LogP contribution in [-0.4, -0.2) is 29.3 Å². The molecule has 70 valence electrons. The molecule has 1 aliphatic heterocycles. The van der Waals surface area contributed by atoms with Crippen LogP contribution < -0.4 is 4.90 Å². The predicted octanol–water partition coefficient (Wildman–Crippen LogP) is 0.961. The van der Waals surface area contributed by atoms with Crippen LogP contribution in [0.15, 0.2) is 18.3 Å². The standard InChI is InChI=1S/C10H14N2O/c1-8-2-3-9(6-11-8)12-5-4-10(13)7-12/h2-3,6,10,13H,4-5,7H2,1H3/t10-/m0/s1. The third-order valence-corrected chi connectivity index (χ3v) is 2.42. The van der Waals surface area contributed by atoms with E-state index in [-0.39, 0.29) is 6.10 Å². The van der Waals surface area contributed by atoms with Crippen LogP contribution in [0.3, 0.4) is 0 Å². The first-order valence-electron chi connectivity index (χ1n) is 4.61. The van der Waals surface area contributed by atoms with Gasteiger partial charge in [0.05, 0.1) is 18.0 Å². The van der Waals surface area contributed by atoms with Crippen molar-refractivity contribution >= 4 is 5.69 Å². The first kappa shape index (κ1) is 8.51. The zero-order valence-corrected chi connectivity index (χ0v) is 7.77. The van der Waals surface area contributed by atoms with E-state index < -0.39 is 0 Å².